The third kappa shape index (κ3) is 4.59. The number of anilines is 1. The standard InChI is InChI=1S/C26H25FN4O2S/c1-33-24-21(12-19(14-29-24)18-6-9-22-23(13-18)34-26(28)30-22)25(32)31-10-2-3-17(15-31)11-16-4-7-20(27)8-5-16/h4-9,12-14,17H,2-3,10-11,15H2,1H3,(H2,28,30). The highest BCUT2D eigenvalue weighted by molar-refractivity contribution is 7.22. The fraction of sp³-hybridized carbons (Fsp3) is 0.269. The van der Waals surface area contributed by atoms with E-state index in [-0.39, 0.29) is 11.7 Å². The number of methoxy groups -OCH3 is 1. The molecule has 2 N–H and O–H groups in total. The Hall–Kier alpha value is -3.52. The predicted molar refractivity (Wildman–Crippen MR) is 133 cm³/mol. The molecule has 0 bridgehead atoms. The number of nitrogens with two attached hydrogens (primary N) is 1. The van der Waals surface area contributed by atoms with Crippen LogP contribution in [0.3, 0.4) is 0 Å². The summed E-state index contributed by atoms with van der Waals surface area (Å²) in [5.41, 5.74) is 10.00. The molecule has 1 fully saturated rings. The summed E-state index contributed by atoms with van der Waals surface area (Å²) >= 11 is 1.43. The molecule has 34 heavy (non-hydrogen) atoms. The van der Waals surface area contributed by atoms with Crippen molar-refractivity contribution in [2.24, 2.45) is 5.92 Å². The first kappa shape index (κ1) is 22.3. The van der Waals surface area contributed by atoms with Crippen LogP contribution in [-0.4, -0.2) is 41.0 Å². The number of hydrogen-bond donors (Lipinski definition) is 1. The number of benzene rings is 2. The van der Waals surface area contributed by atoms with Crippen molar-refractivity contribution in [3.05, 3.63) is 71.7 Å². The number of rotatable bonds is 5. The van der Waals surface area contributed by atoms with Crippen molar-refractivity contribution >= 4 is 32.6 Å². The maximum absolute atomic E-state index is 13.6. The highest BCUT2D eigenvalue weighted by Gasteiger charge is 2.27. The van der Waals surface area contributed by atoms with Crippen molar-refractivity contribution in [3.63, 3.8) is 0 Å². The molecule has 174 valence electrons. The number of carbonyl (C=O) groups is 1. The maximum atomic E-state index is 13.6. The number of halogens is 1. The third-order valence-corrected chi connectivity index (χ3v) is 7.10. The van der Waals surface area contributed by atoms with Gasteiger partial charge in [-0.25, -0.2) is 14.4 Å². The van der Waals surface area contributed by atoms with Crippen LogP contribution >= 0.6 is 11.3 Å². The van der Waals surface area contributed by atoms with Crippen molar-refractivity contribution in [2.75, 3.05) is 25.9 Å². The number of nitrogens with zero attached hydrogens (tertiary/aromatic N) is 3. The Morgan fingerprint density at radius 3 is 2.82 bits per heavy atom. The van der Waals surface area contributed by atoms with Crippen molar-refractivity contribution in [1.29, 1.82) is 0 Å². The minimum Gasteiger partial charge on any atom is -0.480 e. The number of pyridine rings is 1. The van der Waals surface area contributed by atoms with Gasteiger partial charge in [0.05, 0.1) is 17.3 Å². The molecule has 0 radical (unpaired) electrons. The molecule has 5 rings (SSSR count). The first-order valence-electron chi connectivity index (χ1n) is 11.2. The smallest absolute Gasteiger partial charge is 0.259 e. The first-order valence-corrected chi connectivity index (χ1v) is 12.1. The first-order chi connectivity index (χ1) is 16.5. The number of thiazole rings is 1. The number of ether oxygens (including phenoxy) is 1. The van der Waals surface area contributed by atoms with Crippen molar-refractivity contribution in [3.8, 4) is 17.0 Å². The van der Waals surface area contributed by atoms with Crippen LogP contribution in [0.1, 0.15) is 28.8 Å². The predicted octanol–water partition coefficient (Wildman–Crippen LogP) is 5.18. The number of fused-ring (bicyclic) bond motifs is 1. The average Bonchev–Trinajstić information content (AvgIpc) is 3.24. The van der Waals surface area contributed by atoms with Gasteiger partial charge in [-0.15, -0.1) is 0 Å². The lowest BCUT2D eigenvalue weighted by Crippen LogP contribution is -2.40. The highest BCUT2D eigenvalue weighted by Crippen LogP contribution is 2.32. The Balaban J connectivity index is 1.39. The van der Waals surface area contributed by atoms with Gasteiger partial charge in [-0.1, -0.05) is 29.5 Å². The summed E-state index contributed by atoms with van der Waals surface area (Å²) in [7, 11) is 1.53. The summed E-state index contributed by atoms with van der Waals surface area (Å²) < 4.78 is 19.7. The lowest BCUT2D eigenvalue weighted by atomic mass is 9.91. The topological polar surface area (TPSA) is 81.3 Å². The molecule has 1 unspecified atom stereocenters. The Morgan fingerprint density at radius 2 is 2.03 bits per heavy atom. The second-order valence-corrected chi connectivity index (χ2v) is 9.67. The molecule has 2 aromatic heterocycles. The molecule has 2 aromatic carbocycles. The average molecular weight is 477 g/mol. The van der Waals surface area contributed by atoms with Crippen LogP contribution in [0.25, 0.3) is 21.3 Å². The Morgan fingerprint density at radius 1 is 1.21 bits per heavy atom. The Bertz CT molecular complexity index is 1340. The molecule has 1 aliphatic heterocycles. The van der Waals surface area contributed by atoms with Gasteiger partial charge in [0.15, 0.2) is 5.13 Å². The molecule has 1 atom stereocenters. The van der Waals surface area contributed by atoms with Crippen LogP contribution in [-0.2, 0) is 6.42 Å². The van der Waals surface area contributed by atoms with E-state index < -0.39 is 0 Å². The van der Waals surface area contributed by atoms with E-state index in [1.165, 1.54) is 30.6 Å². The van der Waals surface area contributed by atoms with Crippen molar-refractivity contribution < 1.29 is 13.9 Å². The molecule has 1 saturated heterocycles. The van der Waals surface area contributed by atoms with Gasteiger partial charge < -0.3 is 15.4 Å². The maximum Gasteiger partial charge on any atom is 0.259 e. The molecular formula is C26H25FN4O2S. The van der Waals surface area contributed by atoms with E-state index in [1.54, 1.807) is 6.20 Å². The number of hydrogen-bond acceptors (Lipinski definition) is 6. The minimum absolute atomic E-state index is 0.0851. The van der Waals surface area contributed by atoms with Gasteiger partial charge >= 0.3 is 0 Å². The summed E-state index contributed by atoms with van der Waals surface area (Å²) in [6.45, 7) is 1.34. The molecule has 1 aliphatic rings. The molecule has 8 heteroatoms. The van der Waals surface area contributed by atoms with Gasteiger partial charge in [-0.05, 0) is 66.6 Å². The molecular weight excluding hydrogens is 451 g/mol. The van der Waals surface area contributed by atoms with Crippen molar-refractivity contribution in [2.45, 2.75) is 19.3 Å². The molecule has 6 nitrogen and oxygen atoms in total. The van der Waals surface area contributed by atoms with E-state index in [9.17, 15) is 9.18 Å². The van der Waals surface area contributed by atoms with Gasteiger partial charge in [0.25, 0.3) is 5.91 Å². The summed E-state index contributed by atoms with van der Waals surface area (Å²) in [4.78, 5) is 24.2. The normalized spacial score (nSPS) is 16.1. The minimum atomic E-state index is -0.235. The number of amides is 1. The fourth-order valence-corrected chi connectivity index (χ4v) is 5.36. The number of piperidine rings is 1. The fourth-order valence-electron chi connectivity index (χ4n) is 4.59. The van der Waals surface area contributed by atoms with Crippen LogP contribution < -0.4 is 10.5 Å². The van der Waals surface area contributed by atoms with Crippen LogP contribution in [0, 0.1) is 11.7 Å². The highest BCUT2D eigenvalue weighted by atomic mass is 32.1. The summed E-state index contributed by atoms with van der Waals surface area (Å²) in [5, 5.41) is 0.524. The molecule has 0 aliphatic carbocycles. The molecule has 0 saturated carbocycles. The van der Waals surface area contributed by atoms with Gasteiger partial charge in [-0.2, -0.15) is 0 Å². The number of aromatic nitrogens is 2. The second-order valence-electron chi connectivity index (χ2n) is 8.61. The van der Waals surface area contributed by atoms with Gasteiger partial charge in [0, 0.05) is 24.8 Å². The zero-order chi connectivity index (χ0) is 23.7. The Labute approximate surface area is 201 Å². The van der Waals surface area contributed by atoms with Gasteiger partial charge in [0.2, 0.25) is 5.88 Å². The van der Waals surface area contributed by atoms with Crippen LogP contribution in [0.5, 0.6) is 5.88 Å². The molecule has 1 amide bonds. The van der Waals surface area contributed by atoms with E-state index in [2.05, 4.69) is 9.97 Å². The monoisotopic (exact) mass is 476 g/mol. The quantitative estimate of drug-likeness (QED) is 0.429. The zero-order valence-electron chi connectivity index (χ0n) is 18.8. The van der Waals surface area contributed by atoms with Crippen molar-refractivity contribution in [1.82, 2.24) is 14.9 Å². The number of likely N-dealkylation sites (tertiary alicyclic amines) is 1. The van der Waals surface area contributed by atoms with E-state index in [4.69, 9.17) is 10.5 Å². The summed E-state index contributed by atoms with van der Waals surface area (Å²) in [6.07, 6.45) is 4.50. The van der Waals surface area contributed by atoms with Gasteiger partial charge in [-0.3, -0.25) is 4.79 Å². The van der Waals surface area contributed by atoms with Crippen LogP contribution in [0.15, 0.2) is 54.7 Å². The molecule has 4 aromatic rings. The lowest BCUT2D eigenvalue weighted by Gasteiger charge is -2.33. The van der Waals surface area contributed by atoms with E-state index >= 15 is 0 Å². The second kappa shape index (κ2) is 9.38. The molecule has 3 heterocycles. The van der Waals surface area contributed by atoms with Crippen LogP contribution in [0.2, 0.25) is 0 Å². The van der Waals surface area contributed by atoms with E-state index in [0.717, 1.165) is 46.2 Å². The van der Waals surface area contributed by atoms with E-state index in [1.807, 2.05) is 41.3 Å². The van der Waals surface area contributed by atoms with E-state index in [0.29, 0.717) is 35.6 Å². The SMILES string of the molecule is COc1ncc(-c2ccc3nc(N)sc3c2)cc1C(=O)N1CCCC(Cc2ccc(F)cc2)C1. The number of carbonyl (C=O) groups excluding carboxylic acids is 1. The summed E-state index contributed by atoms with van der Waals surface area (Å²) in [5.74, 6) is 0.321. The van der Waals surface area contributed by atoms with Gasteiger partial charge in [0.1, 0.15) is 11.4 Å². The number of nitrogen functional groups attached to an aromatic ring is 1. The lowest BCUT2D eigenvalue weighted by molar-refractivity contribution is 0.0669. The largest absolute Gasteiger partial charge is 0.480 e. The molecule has 0 spiro atoms. The van der Waals surface area contributed by atoms with Crippen LogP contribution in [0.4, 0.5) is 9.52 Å². The zero-order valence-corrected chi connectivity index (χ0v) is 19.6. The third-order valence-electron chi connectivity index (χ3n) is 6.26. The Kier molecular flexibility index (Phi) is 6.15. The summed E-state index contributed by atoms with van der Waals surface area (Å²) in [6, 6.07) is 14.4.